The molecular formula is C19H24N4O2. The highest BCUT2D eigenvalue weighted by molar-refractivity contribution is 5.95. The average molecular weight is 340 g/mol. The van der Waals surface area contributed by atoms with Crippen molar-refractivity contribution in [1.29, 1.82) is 0 Å². The molecule has 0 spiro atoms. The Morgan fingerprint density at radius 1 is 1.24 bits per heavy atom. The highest BCUT2D eigenvalue weighted by Gasteiger charge is 2.39. The maximum Gasteiger partial charge on any atom is 0.278 e. The predicted octanol–water partition coefficient (Wildman–Crippen LogP) is 1.95. The van der Waals surface area contributed by atoms with E-state index in [1.165, 1.54) is 0 Å². The van der Waals surface area contributed by atoms with Gasteiger partial charge in [0.2, 0.25) is 0 Å². The Kier molecular flexibility index (Phi) is 4.44. The number of fused-ring (bicyclic) bond motifs is 1. The van der Waals surface area contributed by atoms with E-state index in [0.29, 0.717) is 29.9 Å². The van der Waals surface area contributed by atoms with E-state index in [4.69, 9.17) is 4.74 Å². The number of nitrogens with one attached hydrogen (secondary N) is 1. The van der Waals surface area contributed by atoms with Gasteiger partial charge in [0.15, 0.2) is 11.4 Å². The Morgan fingerprint density at radius 2 is 1.96 bits per heavy atom. The number of para-hydroxylation sites is 1. The number of rotatable bonds is 5. The average Bonchev–Trinajstić information content (AvgIpc) is 3.34. The molecule has 0 radical (unpaired) electrons. The minimum Gasteiger partial charge on any atom is -0.489 e. The van der Waals surface area contributed by atoms with E-state index in [1.54, 1.807) is 4.68 Å². The first-order valence-electron chi connectivity index (χ1n) is 9.04. The number of benzene rings is 1. The fraction of sp³-hybridized carbons (Fsp3) is 0.474. The molecule has 6 heteroatoms. The summed E-state index contributed by atoms with van der Waals surface area (Å²) in [6.45, 7) is 6.26. The number of nitrogens with zero attached hydrogens (tertiary/aromatic N) is 3. The van der Waals surface area contributed by atoms with Gasteiger partial charge in [0, 0.05) is 26.2 Å². The van der Waals surface area contributed by atoms with Crippen LogP contribution in [0.15, 0.2) is 36.5 Å². The highest BCUT2D eigenvalue weighted by atomic mass is 16.5. The van der Waals surface area contributed by atoms with E-state index in [0.717, 1.165) is 38.3 Å². The largest absolute Gasteiger partial charge is 0.489 e. The van der Waals surface area contributed by atoms with E-state index < -0.39 is 0 Å². The van der Waals surface area contributed by atoms with Crippen LogP contribution in [-0.4, -0.2) is 53.4 Å². The Morgan fingerprint density at radius 3 is 2.64 bits per heavy atom. The zero-order valence-corrected chi connectivity index (χ0v) is 14.5. The Bertz CT molecular complexity index is 731. The molecule has 2 saturated heterocycles. The molecule has 0 unspecified atom stereocenters. The molecule has 1 N–H and O–H groups in total. The summed E-state index contributed by atoms with van der Waals surface area (Å²) >= 11 is 0. The topological polar surface area (TPSA) is 59.4 Å². The first-order valence-corrected chi connectivity index (χ1v) is 9.04. The van der Waals surface area contributed by atoms with Crippen molar-refractivity contribution < 1.29 is 9.53 Å². The van der Waals surface area contributed by atoms with Crippen molar-refractivity contribution in [3.05, 3.63) is 42.2 Å². The molecule has 1 amide bonds. The lowest BCUT2D eigenvalue weighted by Gasteiger charge is -2.16. The quantitative estimate of drug-likeness (QED) is 0.904. The molecule has 2 fully saturated rings. The van der Waals surface area contributed by atoms with Gasteiger partial charge in [-0.3, -0.25) is 4.79 Å². The number of carbonyl (C=O) groups excluding carboxylic acids is 1. The smallest absolute Gasteiger partial charge is 0.278 e. The molecule has 25 heavy (non-hydrogen) atoms. The van der Waals surface area contributed by atoms with E-state index >= 15 is 0 Å². The second-order valence-corrected chi connectivity index (χ2v) is 6.86. The predicted molar refractivity (Wildman–Crippen MR) is 95.1 cm³/mol. The molecule has 1 aromatic carbocycles. The number of hydrogen-bond acceptors (Lipinski definition) is 4. The number of hydrogen-bond donors (Lipinski definition) is 1. The summed E-state index contributed by atoms with van der Waals surface area (Å²) in [6.07, 6.45) is 2.71. The van der Waals surface area contributed by atoms with Crippen LogP contribution in [-0.2, 0) is 0 Å². The summed E-state index contributed by atoms with van der Waals surface area (Å²) < 4.78 is 7.55. The fourth-order valence-electron chi connectivity index (χ4n) is 3.71. The minimum absolute atomic E-state index is 0.0183. The molecule has 0 saturated carbocycles. The van der Waals surface area contributed by atoms with Gasteiger partial charge in [-0.15, -0.1) is 0 Å². The monoisotopic (exact) mass is 340 g/mol. The zero-order valence-electron chi connectivity index (χ0n) is 14.5. The second kappa shape index (κ2) is 6.88. The van der Waals surface area contributed by atoms with Crippen molar-refractivity contribution in [2.45, 2.75) is 13.3 Å². The van der Waals surface area contributed by atoms with Gasteiger partial charge in [-0.1, -0.05) is 25.1 Å². The van der Waals surface area contributed by atoms with Crippen LogP contribution in [0.1, 0.15) is 23.8 Å². The maximum absolute atomic E-state index is 13.1. The van der Waals surface area contributed by atoms with Crippen LogP contribution in [0.25, 0.3) is 5.69 Å². The minimum atomic E-state index is -0.0183. The van der Waals surface area contributed by atoms with Crippen LogP contribution in [0.4, 0.5) is 0 Å². The summed E-state index contributed by atoms with van der Waals surface area (Å²) in [5, 5.41) is 7.96. The Labute approximate surface area is 147 Å². The molecule has 2 aromatic rings. The lowest BCUT2D eigenvalue weighted by molar-refractivity contribution is 0.0771. The van der Waals surface area contributed by atoms with E-state index in [-0.39, 0.29) is 5.91 Å². The summed E-state index contributed by atoms with van der Waals surface area (Å²) in [5.41, 5.74) is 1.34. The first-order chi connectivity index (χ1) is 12.3. The fourth-order valence-corrected chi connectivity index (χ4v) is 3.71. The zero-order chi connectivity index (χ0) is 17.2. The molecule has 2 atom stereocenters. The molecule has 1 aromatic heterocycles. The number of aromatic nitrogens is 2. The molecule has 2 aliphatic heterocycles. The van der Waals surface area contributed by atoms with Crippen LogP contribution in [0, 0.1) is 11.8 Å². The maximum atomic E-state index is 13.1. The summed E-state index contributed by atoms with van der Waals surface area (Å²) in [6, 6.07) is 9.82. The van der Waals surface area contributed by atoms with Gasteiger partial charge in [0.1, 0.15) is 0 Å². The number of amides is 1. The number of ether oxygens (including phenoxy) is 1. The van der Waals surface area contributed by atoms with Gasteiger partial charge < -0.3 is 15.0 Å². The van der Waals surface area contributed by atoms with Gasteiger partial charge in [-0.25, -0.2) is 4.68 Å². The van der Waals surface area contributed by atoms with Gasteiger partial charge in [0.05, 0.1) is 18.5 Å². The molecule has 4 rings (SSSR count). The van der Waals surface area contributed by atoms with Crippen molar-refractivity contribution in [2.24, 2.45) is 11.8 Å². The molecule has 6 nitrogen and oxygen atoms in total. The van der Waals surface area contributed by atoms with Gasteiger partial charge in [-0.2, -0.15) is 5.10 Å². The highest BCUT2D eigenvalue weighted by Crippen LogP contribution is 2.29. The normalized spacial score (nSPS) is 22.2. The van der Waals surface area contributed by atoms with Crippen LogP contribution in [0.2, 0.25) is 0 Å². The van der Waals surface area contributed by atoms with Crippen molar-refractivity contribution >= 4 is 5.91 Å². The summed E-state index contributed by atoms with van der Waals surface area (Å²) in [5.74, 6) is 1.70. The van der Waals surface area contributed by atoms with E-state index in [9.17, 15) is 4.79 Å². The van der Waals surface area contributed by atoms with Gasteiger partial charge in [0.25, 0.3) is 5.91 Å². The molecule has 2 aliphatic rings. The van der Waals surface area contributed by atoms with Gasteiger partial charge >= 0.3 is 0 Å². The lowest BCUT2D eigenvalue weighted by atomic mass is 10.0. The molecule has 0 bridgehead atoms. The number of likely N-dealkylation sites (tertiary alicyclic amines) is 1. The third kappa shape index (κ3) is 3.14. The lowest BCUT2D eigenvalue weighted by Crippen LogP contribution is -2.32. The Balaban J connectivity index is 1.60. The standard InChI is InChI=1S/C19H24N4O2/c1-2-8-25-17-13-23(16-6-4-3-5-7-16)21-18(17)19(24)22-11-14-9-20-10-15(14)12-22/h3-7,13-15,20H,2,8-12H2,1H3/t14-,15+. The molecule has 3 heterocycles. The first kappa shape index (κ1) is 16.1. The van der Waals surface area contributed by atoms with Crippen molar-refractivity contribution in [2.75, 3.05) is 32.8 Å². The van der Waals surface area contributed by atoms with Crippen LogP contribution < -0.4 is 10.1 Å². The van der Waals surface area contributed by atoms with Crippen molar-refractivity contribution in [3.63, 3.8) is 0 Å². The summed E-state index contributed by atoms with van der Waals surface area (Å²) in [7, 11) is 0. The third-order valence-corrected chi connectivity index (χ3v) is 5.04. The number of carbonyl (C=O) groups is 1. The third-order valence-electron chi connectivity index (χ3n) is 5.04. The van der Waals surface area contributed by atoms with Crippen LogP contribution >= 0.6 is 0 Å². The van der Waals surface area contributed by atoms with Crippen molar-refractivity contribution in [1.82, 2.24) is 20.0 Å². The molecular weight excluding hydrogens is 316 g/mol. The van der Waals surface area contributed by atoms with E-state index in [1.807, 2.05) is 41.4 Å². The second-order valence-electron chi connectivity index (χ2n) is 6.86. The van der Waals surface area contributed by atoms with Crippen LogP contribution in [0.3, 0.4) is 0 Å². The van der Waals surface area contributed by atoms with Crippen LogP contribution in [0.5, 0.6) is 5.75 Å². The van der Waals surface area contributed by atoms with Crippen molar-refractivity contribution in [3.8, 4) is 11.4 Å². The molecule has 0 aliphatic carbocycles. The van der Waals surface area contributed by atoms with Gasteiger partial charge in [-0.05, 0) is 30.4 Å². The SMILES string of the molecule is CCCOc1cn(-c2ccccc2)nc1C(=O)N1C[C@H]2CNC[C@H]2C1. The Hall–Kier alpha value is -2.34. The van der Waals surface area contributed by atoms with E-state index in [2.05, 4.69) is 17.3 Å². The molecule has 132 valence electrons. The summed E-state index contributed by atoms with van der Waals surface area (Å²) in [4.78, 5) is 15.0.